The van der Waals surface area contributed by atoms with Gasteiger partial charge < -0.3 is 122 Å². The molecule has 0 amide bonds. The number of thioether (sulfide) groups is 4. The van der Waals surface area contributed by atoms with Gasteiger partial charge in [0.05, 0.1) is 51.7 Å². The summed E-state index contributed by atoms with van der Waals surface area (Å²) in [6.45, 7) is 5.39. The molecule has 8 aromatic heterocycles. The van der Waals surface area contributed by atoms with Crippen LogP contribution in [0.5, 0.6) is 0 Å². The van der Waals surface area contributed by atoms with Crippen molar-refractivity contribution in [2.75, 3.05) is 72.4 Å². The van der Waals surface area contributed by atoms with E-state index in [0.717, 1.165) is 42.9 Å². The first-order valence-corrected chi connectivity index (χ1v) is 44.9. The number of phosphoric acid groups is 4. The van der Waals surface area contributed by atoms with Crippen LogP contribution in [0.15, 0.2) is 58.6 Å². The molecule has 24 N–H and O–H groups in total. The largest absolute Gasteiger partial charge is 0.469 e. The van der Waals surface area contributed by atoms with E-state index in [4.69, 9.17) is 81.0 Å². The number of phosphoric ester groups is 4. The molecule has 0 unspecified atom stereocenters. The number of aliphatic hydroxyl groups excluding tert-OH is 8. The van der Waals surface area contributed by atoms with Crippen molar-refractivity contribution in [3.63, 3.8) is 0 Å². The van der Waals surface area contributed by atoms with E-state index in [0.29, 0.717) is 65.8 Å². The van der Waals surface area contributed by atoms with Gasteiger partial charge in [0.25, 0.3) is 0 Å². The molecule has 4 aliphatic heterocycles. The number of anilines is 4. The number of aliphatic hydroxyl groups is 8. The zero-order valence-electron chi connectivity index (χ0n) is 60.4. The minimum absolute atomic E-state index is 0.139. The number of nitrogen functional groups attached to an aromatic ring is 4. The number of nitrogens with zero attached hydrogens (tertiary/aromatic N) is 16. The van der Waals surface area contributed by atoms with Gasteiger partial charge in [0.1, 0.15) is 95.3 Å². The summed E-state index contributed by atoms with van der Waals surface area (Å²) in [5.74, 6) is 4.40. The maximum absolute atomic E-state index is 10.9. The lowest BCUT2D eigenvalue weighted by molar-refractivity contribution is -0.0504. The van der Waals surface area contributed by atoms with E-state index in [9.17, 15) is 59.1 Å². The average Bonchev–Trinajstić information content (AvgIpc) is 1.63. The molecular formula is C58H88N20O28P4S4. The van der Waals surface area contributed by atoms with Gasteiger partial charge in [0, 0.05) is 23.0 Å². The van der Waals surface area contributed by atoms with Crippen molar-refractivity contribution < 1.29 is 135 Å². The fourth-order valence-corrected chi connectivity index (χ4v) is 16.7. The highest BCUT2D eigenvalue weighted by molar-refractivity contribution is 7.99. The number of hydrogen-bond acceptors (Lipinski definition) is 40. The number of aromatic nitrogens is 16. The molecule has 1 aliphatic carbocycles. The lowest BCUT2D eigenvalue weighted by Gasteiger charge is -2.17. The number of imidazole rings is 4. The number of fused-ring (bicyclic) bond motifs is 4. The summed E-state index contributed by atoms with van der Waals surface area (Å²) in [4.78, 5) is 122. The molecule has 13 rings (SSSR count). The molecule has 16 atom stereocenters. The van der Waals surface area contributed by atoms with Crippen molar-refractivity contribution in [3.05, 3.63) is 38.0 Å². The van der Waals surface area contributed by atoms with E-state index in [1.54, 1.807) is 6.08 Å². The van der Waals surface area contributed by atoms with Crippen LogP contribution in [0.1, 0.15) is 96.5 Å². The quantitative estimate of drug-likeness (QED) is 0.00912. The number of ether oxygens (including phenoxy) is 4. The van der Waals surface area contributed by atoms with E-state index in [2.05, 4.69) is 91.4 Å². The number of hydrogen-bond donors (Lipinski definition) is 20. The Morgan fingerprint density at radius 3 is 0.991 bits per heavy atom. The topological polar surface area (TPSA) is 744 Å². The molecule has 5 fully saturated rings. The molecule has 1 saturated carbocycles. The van der Waals surface area contributed by atoms with E-state index in [-0.39, 0.29) is 34.4 Å². The Morgan fingerprint density at radius 1 is 0.421 bits per heavy atom. The third-order valence-corrected chi connectivity index (χ3v) is 23.6. The van der Waals surface area contributed by atoms with Gasteiger partial charge in [-0.15, -0.1) is 6.58 Å². The monoisotopic (exact) mass is 1760 g/mol. The summed E-state index contributed by atoms with van der Waals surface area (Å²) in [6.07, 6.45) is -2.95. The van der Waals surface area contributed by atoms with Crippen molar-refractivity contribution >= 4 is 146 Å². The first-order chi connectivity index (χ1) is 53.9. The molecule has 4 saturated heterocycles. The van der Waals surface area contributed by atoms with E-state index < -0.39 is 156 Å². The van der Waals surface area contributed by atoms with Gasteiger partial charge in [0.2, 0.25) is 0 Å². The standard InChI is InChI=1S/C16H24N5O7PS.C16H26N5O7PS.C13H20N5O7PS.C13H18N5O7PS/c17-13-10-14(20-16(19-13)30-6-8-3-1-2-4-8)21(7-18-10)15-12(23)11(22)9(28-15)5-27-29(24,25)26;1-2-3-4-5-6-30-16-19-13(17)10-14(20-16)21(8-18-10)15-12(23)11(22)9(28-15)7-27-29(24,25)26;2*1-2-3-27-13-16-10(14)7-11(17-13)18(5-15-7)12-9(20)8(19)6(25-12)4-24-26(21,22)23/h7-9,11-12,15,22-23H,1-6H2,(H2,17,19,20)(H2,24,25,26);8-9,11-12,15,22-23H,2-7H2,1H3,(H2,17,19,20)(H2,24,25,26);5-6,8-9,12,19-20H,2-4H2,1H3,(H2,14,16,17)(H2,21,22,23);2,5-6,8-9,12,19-20H,1,3-4H2,(H2,14,16,17)(H2,21,22,23)/t2*9-,11-,12-,15-;2*6-,8-,9-,12-/m1111/s1. The second-order valence-corrected chi connectivity index (χ2v) is 35.1. The third kappa shape index (κ3) is 23.3. The van der Waals surface area contributed by atoms with Crippen molar-refractivity contribution in [3.8, 4) is 0 Å². The van der Waals surface area contributed by atoms with Crippen LogP contribution >= 0.6 is 78.3 Å². The van der Waals surface area contributed by atoms with Crippen LogP contribution in [0.3, 0.4) is 0 Å². The van der Waals surface area contributed by atoms with Crippen molar-refractivity contribution in [1.29, 1.82) is 0 Å². The Labute approximate surface area is 662 Å². The zero-order valence-corrected chi connectivity index (χ0v) is 67.2. The molecule has 56 heteroatoms. The number of nitrogens with two attached hydrogens (primary N) is 4. The molecule has 0 spiro atoms. The zero-order chi connectivity index (χ0) is 82.9. The number of unbranched alkanes of at least 4 members (excludes halogenated alkanes) is 3. The molecule has 5 aliphatic rings. The predicted octanol–water partition coefficient (Wildman–Crippen LogP) is 0.283. The van der Waals surface area contributed by atoms with Gasteiger partial charge >= 0.3 is 31.3 Å². The number of rotatable bonds is 31. The molecular weight excluding hydrogens is 1680 g/mol. The summed E-state index contributed by atoms with van der Waals surface area (Å²) < 4.78 is 88.9. The van der Waals surface area contributed by atoms with Crippen molar-refractivity contribution in [2.45, 2.75) is 190 Å². The Morgan fingerprint density at radius 2 is 0.711 bits per heavy atom. The molecule has 48 nitrogen and oxygen atoms in total. The van der Waals surface area contributed by atoms with Crippen LogP contribution in [-0.4, -0.2) is 281 Å². The fourth-order valence-electron chi connectivity index (χ4n) is 12.1. The van der Waals surface area contributed by atoms with Gasteiger partial charge in [-0.1, -0.05) is 99.1 Å². The summed E-state index contributed by atoms with van der Waals surface area (Å²) in [5.41, 5.74) is 26.4. The average molecular weight is 1770 g/mol. The normalized spacial score (nSPS) is 26.2. The first kappa shape index (κ1) is 90.8. The highest BCUT2D eigenvalue weighted by Gasteiger charge is 2.49. The van der Waals surface area contributed by atoms with E-state index in [1.165, 1.54) is 123 Å². The minimum atomic E-state index is -4.75. The molecule has 0 radical (unpaired) electrons. The molecule has 8 aromatic rings. The first-order valence-electron chi connectivity index (χ1n) is 34.8. The summed E-state index contributed by atoms with van der Waals surface area (Å²) in [7, 11) is -19.0. The van der Waals surface area contributed by atoms with Gasteiger partial charge in [0.15, 0.2) is 91.4 Å². The Bertz CT molecular complexity index is 4770. The maximum atomic E-state index is 10.9. The second kappa shape index (κ2) is 39.6. The van der Waals surface area contributed by atoms with Gasteiger partial charge in [-0.2, -0.15) is 0 Å². The van der Waals surface area contributed by atoms with E-state index in [1.807, 2.05) is 6.92 Å². The molecule has 632 valence electrons. The van der Waals surface area contributed by atoms with Crippen LogP contribution in [-0.2, 0) is 55.3 Å². The van der Waals surface area contributed by atoms with Crippen LogP contribution in [0.4, 0.5) is 23.3 Å². The van der Waals surface area contributed by atoms with Crippen molar-refractivity contribution in [2.24, 2.45) is 5.92 Å². The highest BCUT2D eigenvalue weighted by Crippen LogP contribution is 2.45. The summed E-state index contributed by atoms with van der Waals surface area (Å²) in [5, 5.41) is 83.8. The van der Waals surface area contributed by atoms with Crippen LogP contribution in [0.2, 0.25) is 0 Å². The molecule has 0 aromatic carbocycles. The maximum Gasteiger partial charge on any atom is 0.469 e. The fraction of sp³-hybridized carbons (Fsp3) is 0.621. The molecule has 0 bridgehead atoms. The van der Waals surface area contributed by atoms with Crippen molar-refractivity contribution in [1.82, 2.24) is 78.1 Å². The molecule has 114 heavy (non-hydrogen) atoms. The van der Waals surface area contributed by atoms with Gasteiger partial charge in [-0.3, -0.25) is 36.4 Å². The van der Waals surface area contributed by atoms with Crippen LogP contribution in [0, 0.1) is 5.92 Å². The minimum Gasteiger partial charge on any atom is -0.387 e. The molecule has 12 heterocycles. The summed E-state index contributed by atoms with van der Waals surface area (Å²) >= 11 is 5.69. The van der Waals surface area contributed by atoms with Crippen LogP contribution in [0.25, 0.3) is 44.7 Å². The summed E-state index contributed by atoms with van der Waals surface area (Å²) in [6, 6.07) is 0. The second-order valence-electron chi connectivity index (χ2n) is 26.0. The Balaban J connectivity index is 0.000000161. The van der Waals surface area contributed by atoms with E-state index >= 15 is 0 Å². The predicted molar refractivity (Wildman–Crippen MR) is 404 cm³/mol. The Kier molecular flexibility index (Phi) is 31.5. The third-order valence-electron chi connectivity index (χ3n) is 17.7. The van der Waals surface area contributed by atoms with Crippen LogP contribution < -0.4 is 22.9 Å². The van der Waals surface area contributed by atoms with Gasteiger partial charge in [-0.05, 0) is 31.6 Å². The highest BCUT2D eigenvalue weighted by atomic mass is 32.2. The Hall–Kier alpha value is -5.50. The lowest BCUT2D eigenvalue weighted by atomic mass is 10.1. The smallest absolute Gasteiger partial charge is 0.387 e. The SMILES string of the molecule is C=CCSc1nc(N)c2ncn([C@@H]3O[C@H](COP(=O)(O)O)[C@@H](O)[C@H]3O)c2n1.CCCCCCSc1nc(N)c2ncn([C@@H]3O[C@H](COP(=O)(O)O)[C@@H](O)[C@H]3O)c2n1.CCCSc1nc(N)c2ncn([C@@H]3O[C@H](COP(=O)(O)O)[C@@H](O)[C@H]3O)c2n1.Nc1nc(SCC2CCCC2)nc2c1ncn2[C@@H]1O[C@H](COP(=O)(O)O)[C@@H](O)[C@H]1O. The lowest BCUT2D eigenvalue weighted by Crippen LogP contribution is -2.33. The van der Waals surface area contributed by atoms with Gasteiger partial charge in [-0.25, -0.2) is 78.1 Å².